The fraction of sp³-hybridized carbons (Fsp3) is 0.333. The lowest BCUT2D eigenvalue weighted by Gasteiger charge is -2.19. The summed E-state index contributed by atoms with van der Waals surface area (Å²) in [6.45, 7) is 0.0335. The van der Waals surface area contributed by atoms with Crippen LogP contribution in [0.25, 0.3) is 0 Å². The number of carbonyl (C=O) groups excluding carboxylic acids is 2. The molecule has 1 unspecified atom stereocenters. The highest BCUT2D eigenvalue weighted by molar-refractivity contribution is 6.01. The molecular weight excluding hydrogens is 237 g/mol. The molecule has 2 N–H and O–H groups in total. The van der Waals surface area contributed by atoms with Gasteiger partial charge in [-0.3, -0.25) is 9.69 Å². The van der Waals surface area contributed by atoms with Gasteiger partial charge in [-0.2, -0.15) is 0 Å². The average molecular weight is 251 g/mol. The minimum absolute atomic E-state index is 0.0110. The summed E-state index contributed by atoms with van der Waals surface area (Å²) >= 11 is 0. The Labute approximate surface area is 104 Å². The van der Waals surface area contributed by atoms with E-state index in [1.807, 2.05) is 0 Å². The molecule has 1 saturated heterocycles. The molecule has 1 fully saturated rings. The predicted molar refractivity (Wildman–Crippen MR) is 63.1 cm³/mol. The number of halogens is 1. The minimum atomic E-state index is -0.717. The van der Waals surface area contributed by atoms with Gasteiger partial charge in [0.15, 0.2) is 0 Å². The highest BCUT2D eigenvalue weighted by atomic mass is 19.1. The number of hydrogen-bond donors (Lipinski definition) is 1. The van der Waals surface area contributed by atoms with Crippen molar-refractivity contribution in [1.29, 1.82) is 0 Å². The van der Waals surface area contributed by atoms with E-state index in [-0.39, 0.29) is 19.0 Å². The number of imide groups is 1. The Bertz CT molecular complexity index is 492. The summed E-state index contributed by atoms with van der Waals surface area (Å²) in [5.74, 6) is -0.744. The molecule has 96 valence electrons. The maximum absolute atomic E-state index is 13.5. The summed E-state index contributed by atoms with van der Waals surface area (Å²) in [6, 6.07) is 4.96. The molecule has 0 aliphatic carbocycles. The molecule has 1 heterocycles. The summed E-state index contributed by atoms with van der Waals surface area (Å²) in [7, 11) is 1.54. The predicted octanol–water partition coefficient (Wildman–Crippen LogP) is 0.720. The van der Waals surface area contributed by atoms with E-state index in [1.54, 1.807) is 18.2 Å². The van der Waals surface area contributed by atoms with Crippen LogP contribution in [0.15, 0.2) is 24.3 Å². The van der Waals surface area contributed by atoms with Crippen LogP contribution in [0.3, 0.4) is 0 Å². The highest BCUT2D eigenvalue weighted by Gasteiger charge is 2.34. The monoisotopic (exact) mass is 251 g/mol. The van der Waals surface area contributed by atoms with Gasteiger partial charge in [-0.1, -0.05) is 18.2 Å². The summed E-state index contributed by atoms with van der Waals surface area (Å²) in [5.41, 5.74) is 6.14. The number of nitrogens with two attached hydrogens (primary N) is 1. The van der Waals surface area contributed by atoms with E-state index in [0.29, 0.717) is 5.56 Å². The van der Waals surface area contributed by atoms with Gasteiger partial charge in [0.05, 0.1) is 6.04 Å². The standard InChI is InChI=1S/C12H14FN3O2/c1-15-7-11(17)16(12(15)18)6-10(14)8-4-2-3-5-9(8)13/h2-5,10H,6-7,14H2,1H3. The molecule has 6 heteroatoms. The van der Waals surface area contributed by atoms with E-state index in [4.69, 9.17) is 5.73 Å². The lowest BCUT2D eigenvalue weighted by atomic mass is 10.1. The van der Waals surface area contributed by atoms with Gasteiger partial charge in [0, 0.05) is 19.2 Å². The molecule has 1 atom stereocenters. The number of urea groups is 1. The lowest BCUT2D eigenvalue weighted by Crippen LogP contribution is -2.37. The van der Waals surface area contributed by atoms with Gasteiger partial charge in [-0.15, -0.1) is 0 Å². The van der Waals surface area contributed by atoms with Gasteiger partial charge in [0.2, 0.25) is 5.91 Å². The number of carbonyl (C=O) groups is 2. The van der Waals surface area contributed by atoms with Crippen molar-refractivity contribution in [3.8, 4) is 0 Å². The maximum atomic E-state index is 13.5. The quantitative estimate of drug-likeness (QED) is 0.805. The topological polar surface area (TPSA) is 66.6 Å². The Morgan fingerprint density at radius 1 is 1.39 bits per heavy atom. The van der Waals surface area contributed by atoms with Crippen LogP contribution < -0.4 is 5.73 Å². The third-order valence-electron chi connectivity index (χ3n) is 2.91. The van der Waals surface area contributed by atoms with Crippen molar-refractivity contribution in [2.45, 2.75) is 6.04 Å². The average Bonchev–Trinajstić information content (AvgIpc) is 2.56. The molecule has 1 aromatic carbocycles. The lowest BCUT2D eigenvalue weighted by molar-refractivity contribution is -0.125. The molecule has 1 aromatic rings. The van der Waals surface area contributed by atoms with Crippen molar-refractivity contribution >= 4 is 11.9 Å². The highest BCUT2D eigenvalue weighted by Crippen LogP contribution is 2.18. The molecule has 0 saturated carbocycles. The SMILES string of the molecule is CN1CC(=O)N(CC(N)c2ccccc2F)C1=O. The number of benzene rings is 1. The smallest absolute Gasteiger partial charge is 0.322 e. The van der Waals surface area contributed by atoms with Gasteiger partial charge in [-0.05, 0) is 6.07 Å². The molecule has 5 nitrogen and oxygen atoms in total. The van der Waals surface area contributed by atoms with Crippen LogP contribution in [0.1, 0.15) is 11.6 Å². The van der Waals surface area contributed by atoms with Crippen LogP contribution in [0, 0.1) is 5.82 Å². The van der Waals surface area contributed by atoms with Crippen LogP contribution in [-0.4, -0.2) is 41.9 Å². The molecule has 0 aromatic heterocycles. The summed E-state index contributed by atoms with van der Waals surface area (Å²) in [4.78, 5) is 25.6. The molecular formula is C12H14FN3O2. The molecule has 3 amide bonds. The second-order valence-electron chi connectivity index (χ2n) is 4.27. The van der Waals surface area contributed by atoms with Crippen LogP contribution >= 0.6 is 0 Å². The third-order valence-corrected chi connectivity index (χ3v) is 2.91. The first kappa shape index (κ1) is 12.5. The summed E-state index contributed by atoms with van der Waals surface area (Å²) < 4.78 is 13.5. The van der Waals surface area contributed by atoms with Crippen molar-refractivity contribution in [2.24, 2.45) is 5.73 Å². The normalized spacial score (nSPS) is 17.5. The fourth-order valence-electron chi connectivity index (χ4n) is 1.92. The molecule has 1 aliphatic rings. The van der Waals surface area contributed by atoms with E-state index in [9.17, 15) is 14.0 Å². The number of nitrogens with zero attached hydrogens (tertiary/aromatic N) is 2. The molecule has 0 bridgehead atoms. The minimum Gasteiger partial charge on any atom is -0.322 e. The summed E-state index contributed by atoms with van der Waals surface area (Å²) in [6.07, 6.45) is 0. The maximum Gasteiger partial charge on any atom is 0.327 e. The first-order valence-electron chi connectivity index (χ1n) is 5.56. The Balaban J connectivity index is 2.13. The fourth-order valence-corrected chi connectivity index (χ4v) is 1.92. The Morgan fingerprint density at radius 2 is 2.06 bits per heavy atom. The number of rotatable bonds is 3. The molecule has 18 heavy (non-hydrogen) atoms. The number of hydrogen-bond acceptors (Lipinski definition) is 3. The van der Waals surface area contributed by atoms with Gasteiger partial charge in [0.1, 0.15) is 12.4 Å². The van der Waals surface area contributed by atoms with Crippen molar-refractivity contribution in [3.05, 3.63) is 35.6 Å². The molecule has 1 aliphatic heterocycles. The molecule has 0 radical (unpaired) electrons. The van der Waals surface area contributed by atoms with Crippen LogP contribution in [0.4, 0.5) is 9.18 Å². The second kappa shape index (κ2) is 4.73. The number of likely N-dealkylation sites (N-methyl/N-ethyl adjacent to an activating group) is 1. The van der Waals surface area contributed by atoms with Crippen molar-refractivity contribution in [1.82, 2.24) is 9.80 Å². The first-order valence-corrected chi connectivity index (χ1v) is 5.56. The molecule has 2 rings (SSSR count). The Morgan fingerprint density at radius 3 is 2.61 bits per heavy atom. The Kier molecular flexibility index (Phi) is 3.29. The van der Waals surface area contributed by atoms with Crippen LogP contribution in [0.2, 0.25) is 0 Å². The van der Waals surface area contributed by atoms with Gasteiger partial charge >= 0.3 is 6.03 Å². The van der Waals surface area contributed by atoms with Gasteiger partial charge < -0.3 is 10.6 Å². The zero-order valence-corrected chi connectivity index (χ0v) is 9.97. The zero-order chi connectivity index (χ0) is 13.3. The first-order chi connectivity index (χ1) is 8.50. The van der Waals surface area contributed by atoms with E-state index >= 15 is 0 Å². The van der Waals surface area contributed by atoms with Gasteiger partial charge in [-0.25, -0.2) is 9.18 Å². The van der Waals surface area contributed by atoms with Crippen LogP contribution in [0.5, 0.6) is 0 Å². The van der Waals surface area contributed by atoms with E-state index < -0.39 is 17.9 Å². The van der Waals surface area contributed by atoms with Gasteiger partial charge in [0.25, 0.3) is 0 Å². The Hall–Kier alpha value is -1.95. The second-order valence-corrected chi connectivity index (χ2v) is 4.27. The van der Waals surface area contributed by atoms with E-state index in [1.165, 1.54) is 18.0 Å². The van der Waals surface area contributed by atoms with E-state index in [0.717, 1.165) is 4.90 Å². The van der Waals surface area contributed by atoms with Crippen LogP contribution in [-0.2, 0) is 4.79 Å². The largest absolute Gasteiger partial charge is 0.327 e. The third kappa shape index (κ3) is 2.19. The van der Waals surface area contributed by atoms with Crippen molar-refractivity contribution in [3.63, 3.8) is 0 Å². The summed E-state index contributed by atoms with van der Waals surface area (Å²) in [5, 5.41) is 0. The van der Waals surface area contributed by atoms with E-state index in [2.05, 4.69) is 0 Å². The zero-order valence-electron chi connectivity index (χ0n) is 9.97. The molecule has 0 spiro atoms. The van der Waals surface area contributed by atoms with Crippen molar-refractivity contribution in [2.75, 3.05) is 20.1 Å². The van der Waals surface area contributed by atoms with Crippen molar-refractivity contribution < 1.29 is 14.0 Å². The number of amides is 3.